The Morgan fingerprint density at radius 1 is 1.58 bits per heavy atom. The van der Waals surface area contributed by atoms with Crippen LogP contribution in [-0.4, -0.2) is 41.8 Å². The third-order valence-corrected chi connectivity index (χ3v) is 3.90. The summed E-state index contributed by atoms with van der Waals surface area (Å²) in [7, 11) is 0. The largest absolute Gasteiger partial charge is 0.480 e. The van der Waals surface area contributed by atoms with E-state index in [0.29, 0.717) is 0 Å². The molecule has 1 aliphatic heterocycles. The van der Waals surface area contributed by atoms with Crippen molar-refractivity contribution in [2.75, 3.05) is 19.7 Å². The summed E-state index contributed by atoms with van der Waals surface area (Å²) < 4.78 is 11.6. The SMILES string of the molecule is CC(c1ccc(Br)o1)N1CCC(OCC(=O)O)CC1. The van der Waals surface area contributed by atoms with Gasteiger partial charge >= 0.3 is 5.97 Å². The van der Waals surface area contributed by atoms with E-state index >= 15 is 0 Å². The van der Waals surface area contributed by atoms with Crippen molar-refractivity contribution in [1.82, 2.24) is 4.90 Å². The molecular weight excluding hydrogens is 314 g/mol. The van der Waals surface area contributed by atoms with Gasteiger partial charge in [0.2, 0.25) is 0 Å². The highest BCUT2D eigenvalue weighted by atomic mass is 79.9. The average molecular weight is 332 g/mol. The van der Waals surface area contributed by atoms with Crippen LogP contribution in [0.4, 0.5) is 0 Å². The number of carbonyl (C=O) groups is 1. The minimum absolute atomic E-state index is 0.0582. The zero-order chi connectivity index (χ0) is 13.8. The molecule has 2 rings (SSSR count). The predicted molar refractivity (Wildman–Crippen MR) is 73.0 cm³/mol. The van der Waals surface area contributed by atoms with Gasteiger partial charge in [0.15, 0.2) is 4.67 Å². The molecule has 19 heavy (non-hydrogen) atoms. The summed E-state index contributed by atoms with van der Waals surface area (Å²) in [4.78, 5) is 12.8. The lowest BCUT2D eigenvalue weighted by Crippen LogP contribution is -2.38. The number of nitrogens with zero attached hydrogens (tertiary/aromatic N) is 1. The summed E-state index contributed by atoms with van der Waals surface area (Å²) in [5, 5.41) is 8.58. The molecule has 6 heteroatoms. The number of aliphatic carboxylic acids is 1. The maximum Gasteiger partial charge on any atom is 0.329 e. The Hall–Kier alpha value is -0.850. The number of hydrogen-bond donors (Lipinski definition) is 1. The molecule has 1 aliphatic rings. The van der Waals surface area contributed by atoms with Gasteiger partial charge in [0, 0.05) is 13.1 Å². The molecule has 1 saturated heterocycles. The Kier molecular flexibility index (Phi) is 5.01. The lowest BCUT2D eigenvalue weighted by molar-refractivity contribution is -0.145. The van der Waals surface area contributed by atoms with E-state index in [4.69, 9.17) is 14.3 Å². The van der Waals surface area contributed by atoms with Crippen molar-refractivity contribution < 1.29 is 19.1 Å². The van der Waals surface area contributed by atoms with Crippen molar-refractivity contribution >= 4 is 21.9 Å². The fourth-order valence-corrected chi connectivity index (χ4v) is 2.67. The van der Waals surface area contributed by atoms with Gasteiger partial charge in [-0.3, -0.25) is 4.90 Å². The molecule has 0 saturated carbocycles. The van der Waals surface area contributed by atoms with Crippen molar-refractivity contribution in [3.63, 3.8) is 0 Å². The van der Waals surface area contributed by atoms with E-state index in [1.807, 2.05) is 12.1 Å². The molecule has 1 unspecified atom stereocenters. The van der Waals surface area contributed by atoms with E-state index in [9.17, 15) is 4.79 Å². The highest BCUT2D eigenvalue weighted by molar-refractivity contribution is 9.10. The Balaban J connectivity index is 1.81. The number of ether oxygens (including phenoxy) is 1. The van der Waals surface area contributed by atoms with Gasteiger partial charge in [-0.15, -0.1) is 0 Å². The van der Waals surface area contributed by atoms with Crippen molar-refractivity contribution in [3.8, 4) is 0 Å². The molecule has 2 heterocycles. The lowest BCUT2D eigenvalue weighted by atomic mass is 10.1. The smallest absolute Gasteiger partial charge is 0.329 e. The Bertz CT molecular complexity index is 426. The molecule has 0 spiro atoms. The number of carboxylic acid groups (broad SMARTS) is 1. The minimum atomic E-state index is -0.906. The number of likely N-dealkylation sites (tertiary alicyclic amines) is 1. The fraction of sp³-hybridized carbons (Fsp3) is 0.615. The number of rotatable bonds is 5. The molecule has 0 aromatic carbocycles. The van der Waals surface area contributed by atoms with E-state index in [1.165, 1.54) is 0 Å². The first-order chi connectivity index (χ1) is 9.06. The molecule has 0 aliphatic carbocycles. The standard InChI is InChI=1S/C13H18BrNO4/c1-9(11-2-3-12(14)19-11)15-6-4-10(5-7-15)18-8-13(16)17/h2-3,9-10H,4-8H2,1H3,(H,16,17). The van der Waals surface area contributed by atoms with E-state index < -0.39 is 5.97 Å². The molecule has 1 aromatic rings. The second kappa shape index (κ2) is 6.54. The zero-order valence-electron chi connectivity index (χ0n) is 10.8. The summed E-state index contributed by atoms with van der Waals surface area (Å²) in [6.07, 6.45) is 1.78. The van der Waals surface area contributed by atoms with E-state index in [1.54, 1.807) is 0 Å². The van der Waals surface area contributed by atoms with Crippen molar-refractivity contribution in [2.24, 2.45) is 0 Å². The summed E-state index contributed by atoms with van der Waals surface area (Å²) in [6, 6.07) is 4.10. The molecular formula is C13H18BrNO4. The van der Waals surface area contributed by atoms with Gasteiger partial charge < -0.3 is 14.3 Å². The normalized spacial score (nSPS) is 19.5. The predicted octanol–water partition coefficient (Wildman–Crippen LogP) is 2.67. The zero-order valence-corrected chi connectivity index (χ0v) is 12.4. The first-order valence-corrected chi connectivity index (χ1v) is 7.18. The number of hydrogen-bond acceptors (Lipinski definition) is 4. The number of halogens is 1. The van der Waals surface area contributed by atoms with E-state index in [2.05, 4.69) is 27.8 Å². The molecule has 1 aromatic heterocycles. The van der Waals surface area contributed by atoms with Gasteiger partial charge in [0.05, 0.1) is 12.1 Å². The Labute approximate surface area is 120 Å². The molecule has 0 amide bonds. The van der Waals surface area contributed by atoms with E-state index in [-0.39, 0.29) is 18.8 Å². The van der Waals surface area contributed by atoms with Crippen LogP contribution in [0.15, 0.2) is 21.2 Å². The van der Waals surface area contributed by atoms with Crippen LogP contribution in [0.2, 0.25) is 0 Å². The molecule has 0 radical (unpaired) electrons. The molecule has 1 N–H and O–H groups in total. The van der Waals surface area contributed by atoms with Crippen molar-refractivity contribution in [1.29, 1.82) is 0 Å². The van der Waals surface area contributed by atoms with Crippen LogP contribution in [0.3, 0.4) is 0 Å². The minimum Gasteiger partial charge on any atom is -0.480 e. The van der Waals surface area contributed by atoms with Crippen LogP contribution >= 0.6 is 15.9 Å². The topological polar surface area (TPSA) is 62.9 Å². The summed E-state index contributed by atoms with van der Waals surface area (Å²) in [5.41, 5.74) is 0. The van der Waals surface area contributed by atoms with E-state index in [0.717, 1.165) is 36.4 Å². The Morgan fingerprint density at radius 3 is 2.79 bits per heavy atom. The van der Waals surface area contributed by atoms with Gasteiger partial charge in [0.25, 0.3) is 0 Å². The first-order valence-electron chi connectivity index (χ1n) is 6.39. The number of carboxylic acids is 1. The molecule has 1 atom stereocenters. The maximum atomic E-state index is 10.4. The third-order valence-electron chi connectivity index (χ3n) is 3.47. The quantitative estimate of drug-likeness (QED) is 0.898. The number of furan rings is 1. The van der Waals surface area contributed by atoms with Crippen LogP contribution in [-0.2, 0) is 9.53 Å². The third kappa shape index (κ3) is 4.06. The molecule has 0 bridgehead atoms. The lowest BCUT2D eigenvalue weighted by Gasteiger charge is -2.34. The monoisotopic (exact) mass is 331 g/mol. The van der Waals surface area contributed by atoms with Gasteiger partial charge in [-0.05, 0) is 47.8 Å². The Morgan fingerprint density at radius 2 is 2.26 bits per heavy atom. The molecule has 106 valence electrons. The summed E-state index contributed by atoms with van der Waals surface area (Å²) in [6.45, 7) is 3.70. The number of piperidine rings is 1. The highest BCUT2D eigenvalue weighted by Gasteiger charge is 2.25. The van der Waals surface area contributed by atoms with Gasteiger partial charge in [-0.2, -0.15) is 0 Å². The van der Waals surface area contributed by atoms with Crippen LogP contribution in [0.5, 0.6) is 0 Å². The summed E-state index contributed by atoms with van der Waals surface area (Å²) >= 11 is 3.31. The van der Waals surface area contributed by atoms with Gasteiger partial charge in [0.1, 0.15) is 12.4 Å². The van der Waals surface area contributed by atoms with Crippen molar-refractivity contribution in [3.05, 3.63) is 22.6 Å². The van der Waals surface area contributed by atoms with Crippen molar-refractivity contribution in [2.45, 2.75) is 31.9 Å². The average Bonchev–Trinajstić information content (AvgIpc) is 2.83. The van der Waals surface area contributed by atoms with Crippen LogP contribution < -0.4 is 0 Å². The summed E-state index contributed by atoms with van der Waals surface area (Å²) in [5.74, 6) is 0.0352. The molecule has 5 nitrogen and oxygen atoms in total. The maximum absolute atomic E-state index is 10.4. The highest BCUT2D eigenvalue weighted by Crippen LogP contribution is 2.27. The van der Waals surface area contributed by atoms with Gasteiger partial charge in [-0.1, -0.05) is 0 Å². The van der Waals surface area contributed by atoms with Crippen LogP contribution in [0.1, 0.15) is 31.6 Å². The second-order valence-corrected chi connectivity index (χ2v) is 5.54. The first kappa shape index (κ1) is 14.6. The second-order valence-electron chi connectivity index (χ2n) is 4.76. The van der Waals surface area contributed by atoms with Crippen LogP contribution in [0.25, 0.3) is 0 Å². The van der Waals surface area contributed by atoms with Gasteiger partial charge in [-0.25, -0.2) is 4.79 Å². The molecule has 1 fully saturated rings. The van der Waals surface area contributed by atoms with Crippen LogP contribution in [0, 0.1) is 0 Å². The fourth-order valence-electron chi connectivity index (χ4n) is 2.35.